The van der Waals surface area contributed by atoms with Crippen molar-refractivity contribution < 1.29 is 13.9 Å². The number of aromatic nitrogens is 1. The summed E-state index contributed by atoms with van der Waals surface area (Å²) >= 11 is 5.74. The number of esters is 1. The van der Waals surface area contributed by atoms with E-state index in [1.807, 2.05) is 6.92 Å². The number of alkyl halides is 1. The molecule has 4 nitrogen and oxygen atoms in total. The van der Waals surface area contributed by atoms with Crippen molar-refractivity contribution >= 4 is 17.6 Å². The smallest absolute Gasteiger partial charge is 0.308 e. The topological polar surface area (TPSA) is 52.3 Å². The molecule has 0 N–H and O–H groups in total. The molecule has 0 spiro atoms. The molecule has 18 heavy (non-hydrogen) atoms. The van der Waals surface area contributed by atoms with E-state index in [4.69, 9.17) is 20.8 Å². The maximum atomic E-state index is 10.8. The lowest BCUT2D eigenvalue weighted by Crippen LogP contribution is -2.00. The maximum Gasteiger partial charge on any atom is 0.308 e. The van der Waals surface area contributed by atoms with E-state index in [9.17, 15) is 4.79 Å². The molecule has 0 aliphatic carbocycles. The zero-order chi connectivity index (χ0) is 13.1. The fraction of sp³-hybridized carbons (Fsp3) is 0.231. The number of hydrogen-bond acceptors (Lipinski definition) is 4. The van der Waals surface area contributed by atoms with Gasteiger partial charge >= 0.3 is 5.97 Å². The van der Waals surface area contributed by atoms with E-state index in [0.29, 0.717) is 23.3 Å². The first-order valence-electron chi connectivity index (χ1n) is 5.41. The average Bonchev–Trinajstić information content (AvgIpc) is 2.71. The molecule has 0 bridgehead atoms. The molecule has 1 aromatic heterocycles. The highest BCUT2D eigenvalue weighted by Crippen LogP contribution is 2.24. The molecule has 1 aromatic carbocycles. The Kier molecular flexibility index (Phi) is 3.67. The van der Waals surface area contributed by atoms with Gasteiger partial charge in [0.25, 0.3) is 0 Å². The lowest BCUT2D eigenvalue weighted by molar-refractivity contribution is -0.131. The number of nitrogens with zero attached hydrogens (tertiary/aromatic N) is 1. The van der Waals surface area contributed by atoms with Crippen LogP contribution in [0.3, 0.4) is 0 Å². The second-order valence-electron chi connectivity index (χ2n) is 3.77. The minimum Gasteiger partial charge on any atom is -0.441 e. The molecule has 0 fully saturated rings. The standard InChI is InChI=1S/C13H12ClNO3/c1-8-12(7-14)15-13(17-8)10-3-5-11(6-4-10)18-9(2)16/h3-6H,7H2,1-2H3. The molecule has 0 saturated carbocycles. The summed E-state index contributed by atoms with van der Waals surface area (Å²) in [6, 6.07) is 6.94. The van der Waals surface area contributed by atoms with Crippen LogP contribution < -0.4 is 4.74 Å². The lowest BCUT2D eigenvalue weighted by Gasteiger charge is -2.01. The van der Waals surface area contributed by atoms with Crippen molar-refractivity contribution in [3.8, 4) is 17.2 Å². The molecular weight excluding hydrogens is 254 g/mol. The summed E-state index contributed by atoms with van der Waals surface area (Å²) in [4.78, 5) is 15.1. The molecule has 5 heteroatoms. The summed E-state index contributed by atoms with van der Waals surface area (Å²) in [5, 5.41) is 0. The molecule has 94 valence electrons. The van der Waals surface area contributed by atoms with Gasteiger partial charge in [-0.2, -0.15) is 0 Å². The SMILES string of the molecule is CC(=O)Oc1ccc(-c2nc(CCl)c(C)o2)cc1. The Bertz CT molecular complexity index is 560. The highest BCUT2D eigenvalue weighted by molar-refractivity contribution is 6.16. The molecule has 0 radical (unpaired) electrons. The summed E-state index contributed by atoms with van der Waals surface area (Å²) < 4.78 is 10.5. The monoisotopic (exact) mass is 265 g/mol. The summed E-state index contributed by atoms with van der Waals surface area (Å²) in [5.74, 6) is 1.69. The highest BCUT2D eigenvalue weighted by atomic mass is 35.5. The van der Waals surface area contributed by atoms with Gasteiger partial charge in [0.15, 0.2) is 0 Å². The van der Waals surface area contributed by atoms with Gasteiger partial charge in [-0.05, 0) is 31.2 Å². The van der Waals surface area contributed by atoms with Crippen molar-refractivity contribution in [3.63, 3.8) is 0 Å². The first-order chi connectivity index (χ1) is 8.60. The number of oxazole rings is 1. The zero-order valence-electron chi connectivity index (χ0n) is 10.1. The maximum absolute atomic E-state index is 10.8. The third kappa shape index (κ3) is 2.71. The summed E-state index contributed by atoms with van der Waals surface area (Å²) in [6.07, 6.45) is 0. The number of aryl methyl sites for hydroxylation is 1. The first kappa shape index (κ1) is 12.6. The average molecular weight is 266 g/mol. The third-order valence-electron chi connectivity index (χ3n) is 2.38. The second kappa shape index (κ2) is 5.23. The Labute approximate surface area is 110 Å². The van der Waals surface area contributed by atoms with Crippen LogP contribution in [0.15, 0.2) is 28.7 Å². The van der Waals surface area contributed by atoms with Crippen LogP contribution in [0, 0.1) is 6.92 Å². The van der Waals surface area contributed by atoms with Gasteiger partial charge < -0.3 is 9.15 Å². The number of benzene rings is 1. The van der Waals surface area contributed by atoms with Gasteiger partial charge in [-0.25, -0.2) is 4.98 Å². The van der Waals surface area contributed by atoms with Gasteiger partial charge in [0, 0.05) is 12.5 Å². The van der Waals surface area contributed by atoms with E-state index in [1.54, 1.807) is 24.3 Å². The van der Waals surface area contributed by atoms with Crippen LogP contribution in [0.25, 0.3) is 11.5 Å². The van der Waals surface area contributed by atoms with E-state index in [0.717, 1.165) is 11.3 Å². The fourth-order valence-corrected chi connectivity index (χ4v) is 1.75. The third-order valence-corrected chi connectivity index (χ3v) is 2.64. The fourth-order valence-electron chi connectivity index (χ4n) is 1.51. The van der Waals surface area contributed by atoms with Crippen LogP contribution in [0.1, 0.15) is 18.4 Å². The second-order valence-corrected chi connectivity index (χ2v) is 4.04. The van der Waals surface area contributed by atoms with Gasteiger partial charge in [-0.1, -0.05) is 0 Å². The number of carbonyl (C=O) groups excluding carboxylic acids is 1. The quantitative estimate of drug-likeness (QED) is 0.485. The van der Waals surface area contributed by atoms with E-state index in [-0.39, 0.29) is 5.97 Å². The minimum atomic E-state index is -0.348. The van der Waals surface area contributed by atoms with E-state index in [1.165, 1.54) is 6.92 Å². The first-order valence-corrected chi connectivity index (χ1v) is 5.94. The largest absolute Gasteiger partial charge is 0.441 e. The van der Waals surface area contributed by atoms with Crippen molar-refractivity contribution in [2.24, 2.45) is 0 Å². The molecule has 2 rings (SSSR count). The van der Waals surface area contributed by atoms with E-state index >= 15 is 0 Å². The normalized spacial score (nSPS) is 10.4. The van der Waals surface area contributed by atoms with Crippen LogP contribution in [-0.4, -0.2) is 11.0 Å². The minimum absolute atomic E-state index is 0.320. The van der Waals surface area contributed by atoms with Crippen LogP contribution in [0.4, 0.5) is 0 Å². The molecule has 0 atom stereocenters. The molecule has 2 aromatic rings. The van der Waals surface area contributed by atoms with Crippen molar-refractivity contribution in [1.82, 2.24) is 4.98 Å². The molecule has 0 aliphatic heterocycles. The Morgan fingerprint density at radius 3 is 2.56 bits per heavy atom. The summed E-state index contributed by atoms with van der Waals surface area (Å²) in [5.41, 5.74) is 1.54. The predicted octanol–water partition coefficient (Wildman–Crippen LogP) is 3.31. The number of halogens is 1. The Balaban J connectivity index is 2.25. The van der Waals surface area contributed by atoms with Crippen molar-refractivity contribution in [2.75, 3.05) is 0 Å². The van der Waals surface area contributed by atoms with Crippen LogP contribution >= 0.6 is 11.6 Å². The van der Waals surface area contributed by atoms with Gasteiger partial charge in [0.05, 0.1) is 11.6 Å². The predicted molar refractivity (Wildman–Crippen MR) is 67.5 cm³/mol. The molecule has 0 unspecified atom stereocenters. The highest BCUT2D eigenvalue weighted by Gasteiger charge is 2.10. The molecule has 1 heterocycles. The number of rotatable bonds is 3. The van der Waals surface area contributed by atoms with Gasteiger partial charge in [0.1, 0.15) is 11.5 Å². The lowest BCUT2D eigenvalue weighted by atomic mass is 10.2. The van der Waals surface area contributed by atoms with E-state index in [2.05, 4.69) is 4.98 Å². The molecule has 0 saturated heterocycles. The van der Waals surface area contributed by atoms with Crippen molar-refractivity contribution in [1.29, 1.82) is 0 Å². The van der Waals surface area contributed by atoms with Crippen molar-refractivity contribution in [2.45, 2.75) is 19.7 Å². The molecule has 0 amide bonds. The van der Waals surface area contributed by atoms with Crippen LogP contribution in [0.5, 0.6) is 5.75 Å². The van der Waals surface area contributed by atoms with E-state index < -0.39 is 0 Å². The molecular formula is C13H12ClNO3. The van der Waals surface area contributed by atoms with Crippen LogP contribution in [-0.2, 0) is 10.7 Å². The zero-order valence-corrected chi connectivity index (χ0v) is 10.8. The number of ether oxygens (including phenoxy) is 1. The Morgan fingerprint density at radius 2 is 2.06 bits per heavy atom. The van der Waals surface area contributed by atoms with Crippen LogP contribution in [0.2, 0.25) is 0 Å². The van der Waals surface area contributed by atoms with Gasteiger partial charge in [0.2, 0.25) is 5.89 Å². The Morgan fingerprint density at radius 1 is 1.39 bits per heavy atom. The van der Waals surface area contributed by atoms with Crippen molar-refractivity contribution in [3.05, 3.63) is 35.7 Å². The number of carbonyl (C=O) groups is 1. The van der Waals surface area contributed by atoms with Gasteiger partial charge in [-0.15, -0.1) is 11.6 Å². The summed E-state index contributed by atoms with van der Waals surface area (Å²) in [6.45, 7) is 3.18. The Hall–Kier alpha value is -1.81. The van der Waals surface area contributed by atoms with Gasteiger partial charge in [-0.3, -0.25) is 4.79 Å². The number of hydrogen-bond donors (Lipinski definition) is 0. The summed E-state index contributed by atoms with van der Waals surface area (Å²) in [7, 11) is 0. The molecule has 0 aliphatic rings.